The number of rotatable bonds is 4. The van der Waals surface area contributed by atoms with Crippen LogP contribution in [0.2, 0.25) is 5.15 Å². The van der Waals surface area contributed by atoms with Crippen molar-refractivity contribution in [3.8, 4) is 5.75 Å². The van der Waals surface area contributed by atoms with Gasteiger partial charge in [0.05, 0.1) is 7.11 Å². The Kier molecular flexibility index (Phi) is 4.44. The monoisotopic (exact) mass is 299 g/mol. The SMILES string of the molecule is COc1cc(F)cc(Nc2cc(Cl)nc(SC)n2)c1. The highest BCUT2D eigenvalue weighted by Crippen LogP contribution is 2.24. The van der Waals surface area contributed by atoms with Crippen molar-refractivity contribution < 1.29 is 9.13 Å². The van der Waals surface area contributed by atoms with E-state index in [0.717, 1.165) is 0 Å². The number of hydrogen-bond acceptors (Lipinski definition) is 5. The molecule has 0 fully saturated rings. The molecular weight excluding hydrogens is 289 g/mol. The van der Waals surface area contributed by atoms with E-state index in [1.54, 1.807) is 12.1 Å². The first kappa shape index (κ1) is 13.9. The van der Waals surface area contributed by atoms with Gasteiger partial charge in [-0.1, -0.05) is 23.4 Å². The topological polar surface area (TPSA) is 47.0 Å². The Labute approximate surface area is 119 Å². The Balaban J connectivity index is 2.30. The van der Waals surface area contributed by atoms with Crippen LogP contribution < -0.4 is 10.1 Å². The minimum absolute atomic E-state index is 0.324. The second-order valence-corrected chi connectivity index (χ2v) is 4.73. The maximum absolute atomic E-state index is 13.4. The summed E-state index contributed by atoms with van der Waals surface area (Å²) >= 11 is 7.25. The van der Waals surface area contributed by atoms with E-state index >= 15 is 0 Å². The molecule has 0 spiro atoms. The van der Waals surface area contributed by atoms with Crippen molar-refractivity contribution in [1.29, 1.82) is 0 Å². The van der Waals surface area contributed by atoms with Crippen LogP contribution >= 0.6 is 23.4 Å². The van der Waals surface area contributed by atoms with Crippen LogP contribution in [0.15, 0.2) is 29.4 Å². The van der Waals surface area contributed by atoms with Crippen molar-refractivity contribution >= 4 is 34.9 Å². The molecule has 2 rings (SSSR count). The van der Waals surface area contributed by atoms with Crippen LogP contribution in [0, 0.1) is 5.82 Å². The molecule has 0 radical (unpaired) electrons. The Morgan fingerprint density at radius 3 is 2.74 bits per heavy atom. The summed E-state index contributed by atoms with van der Waals surface area (Å²) in [7, 11) is 1.48. The first-order valence-electron chi connectivity index (χ1n) is 5.31. The predicted octanol–water partition coefficient (Wildman–Crippen LogP) is 3.74. The summed E-state index contributed by atoms with van der Waals surface area (Å²) in [5.41, 5.74) is 0.527. The lowest BCUT2D eigenvalue weighted by Crippen LogP contribution is -1.97. The summed E-state index contributed by atoms with van der Waals surface area (Å²) in [5.74, 6) is 0.525. The summed E-state index contributed by atoms with van der Waals surface area (Å²) in [4.78, 5) is 8.25. The van der Waals surface area contributed by atoms with Crippen molar-refractivity contribution in [3.05, 3.63) is 35.2 Å². The summed E-state index contributed by atoms with van der Waals surface area (Å²) in [6.45, 7) is 0. The first-order valence-corrected chi connectivity index (χ1v) is 6.91. The summed E-state index contributed by atoms with van der Waals surface area (Å²) in [6.07, 6.45) is 1.85. The second kappa shape index (κ2) is 6.08. The molecule has 0 saturated carbocycles. The van der Waals surface area contributed by atoms with Gasteiger partial charge in [0.2, 0.25) is 0 Å². The number of nitrogens with one attached hydrogen (secondary N) is 1. The predicted molar refractivity (Wildman–Crippen MR) is 75.1 cm³/mol. The van der Waals surface area contributed by atoms with Gasteiger partial charge in [-0.15, -0.1) is 0 Å². The number of benzene rings is 1. The normalized spacial score (nSPS) is 10.3. The van der Waals surface area contributed by atoms with E-state index in [2.05, 4.69) is 15.3 Å². The molecule has 4 nitrogen and oxygen atoms in total. The van der Waals surface area contributed by atoms with E-state index in [-0.39, 0.29) is 0 Å². The molecule has 2 aromatic rings. The van der Waals surface area contributed by atoms with Crippen LogP contribution in [0.1, 0.15) is 0 Å². The van der Waals surface area contributed by atoms with Gasteiger partial charge in [0.15, 0.2) is 5.16 Å². The van der Waals surface area contributed by atoms with Crippen LogP contribution in [0.4, 0.5) is 15.9 Å². The standard InChI is InChI=1S/C12H11ClFN3OS/c1-18-9-4-7(14)3-8(5-9)15-11-6-10(13)16-12(17-11)19-2/h3-6H,1-2H3,(H,15,16,17). The zero-order chi connectivity index (χ0) is 13.8. The molecule has 1 aromatic carbocycles. The average Bonchev–Trinajstić information content (AvgIpc) is 2.37. The molecule has 0 saturated heterocycles. The molecule has 0 aliphatic carbocycles. The summed E-state index contributed by atoms with van der Waals surface area (Å²) in [6, 6.07) is 5.87. The molecule has 0 aliphatic heterocycles. The molecule has 0 unspecified atom stereocenters. The highest BCUT2D eigenvalue weighted by atomic mass is 35.5. The molecule has 1 heterocycles. The molecule has 1 aromatic heterocycles. The van der Waals surface area contributed by atoms with Gasteiger partial charge in [-0.3, -0.25) is 0 Å². The zero-order valence-electron chi connectivity index (χ0n) is 10.3. The molecule has 0 bridgehead atoms. The van der Waals surface area contributed by atoms with E-state index in [1.165, 1.54) is 31.0 Å². The van der Waals surface area contributed by atoms with Crippen LogP contribution in [0.25, 0.3) is 0 Å². The van der Waals surface area contributed by atoms with Crippen molar-refractivity contribution in [2.75, 3.05) is 18.7 Å². The molecule has 0 aliphatic rings. The smallest absolute Gasteiger partial charge is 0.190 e. The van der Waals surface area contributed by atoms with E-state index in [9.17, 15) is 4.39 Å². The number of ether oxygens (including phenoxy) is 1. The molecule has 19 heavy (non-hydrogen) atoms. The maximum atomic E-state index is 13.4. The molecule has 1 N–H and O–H groups in total. The summed E-state index contributed by atoms with van der Waals surface area (Å²) < 4.78 is 18.4. The van der Waals surface area contributed by atoms with Gasteiger partial charge in [0.1, 0.15) is 22.5 Å². The van der Waals surface area contributed by atoms with Gasteiger partial charge in [-0.2, -0.15) is 0 Å². The fourth-order valence-electron chi connectivity index (χ4n) is 1.45. The van der Waals surface area contributed by atoms with Gasteiger partial charge < -0.3 is 10.1 Å². The number of hydrogen-bond donors (Lipinski definition) is 1. The van der Waals surface area contributed by atoms with Crippen LogP contribution in [0.5, 0.6) is 5.75 Å². The third-order valence-electron chi connectivity index (χ3n) is 2.24. The van der Waals surface area contributed by atoms with E-state index in [1.807, 2.05) is 6.26 Å². The van der Waals surface area contributed by atoms with Gasteiger partial charge in [0, 0.05) is 23.9 Å². The van der Waals surface area contributed by atoms with Crippen molar-refractivity contribution in [1.82, 2.24) is 9.97 Å². The summed E-state index contributed by atoms with van der Waals surface area (Å²) in [5, 5.41) is 3.83. The van der Waals surface area contributed by atoms with Crippen molar-refractivity contribution in [2.45, 2.75) is 5.16 Å². The second-order valence-electron chi connectivity index (χ2n) is 3.57. The lowest BCUT2D eigenvalue weighted by Gasteiger charge is -2.09. The number of halogens is 2. The molecule has 0 atom stereocenters. The Morgan fingerprint density at radius 1 is 1.26 bits per heavy atom. The fraction of sp³-hybridized carbons (Fsp3) is 0.167. The minimum Gasteiger partial charge on any atom is -0.497 e. The van der Waals surface area contributed by atoms with Crippen molar-refractivity contribution in [3.63, 3.8) is 0 Å². The van der Waals surface area contributed by atoms with Gasteiger partial charge >= 0.3 is 0 Å². The van der Waals surface area contributed by atoms with Gasteiger partial charge in [0.25, 0.3) is 0 Å². The lowest BCUT2D eigenvalue weighted by atomic mass is 10.3. The highest BCUT2D eigenvalue weighted by molar-refractivity contribution is 7.98. The Bertz CT molecular complexity index is 546. The maximum Gasteiger partial charge on any atom is 0.190 e. The first-order chi connectivity index (χ1) is 9.10. The van der Waals surface area contributed by atoms with Crippen LogP contribution in [-0.2, 0) is 0 Å². The number of thioether (sulfide) groups is 1. The van der Waals surface area contributed by atoms with E-state index in [0.29, 0.717) is 27.6 Å². The Hall–Kier alpha value is -1.53. The number of aromatic nitrogens is 2. The van der Waals surface area contributed by atoms with Crippen LogP contribution in [-0.4, -0.2) is 23.3 Å². The molecule has 0 amide bonds. The van der Waals surface area contributed by atoms with Gasteiger partial charge in [-0.05, 0) is 12.3 Å². The fourth-order valence-corrected chi connectivity index (χ4v) is 2.07. The number of nitrogens with zero attached hydrogens (tertiary/aromatic N) is 2. The largest absolute Gasteiger partial charge is 0.497 e. The van der Waals surface area contributed by atoms with Gasteiger partial charge in [-0.25, -0.2) is 14.4 Å². The third kappa shape index (κ3) is 3.71. The molecular formula is C12H11ClFN3OS. The highest BCUT2D eigenvalue weighted by Gasteiger charge is 2.05. The molecule has 100 valence electrons. The third-order valence-corrected chi connectivity index (χ3v) is 2.98. The quantitative estimate of drug-likeness (QED) is 0.529. The lowest BCUT2D eigenvalue weighted by molar-refractivity contribution is 0.411. The van der Waals surface area contributed by atoms with E-state index in [4.69, 9.17) is 16.3 Å². The van der Waals surface area contributed by atoms with Crippen LogP contribution in [0.3, 0.4) is 0 Å². The number of anilines is 2. The van der Waals surface area contributed by atoms with E-state index < -0.39 is 5.82 Å². The number of methoxy groups -OCH3 is 1. The Morgan fingerprint density at radius 2 is 2.05 bits per heavy atom. The minimum atomic E-state index is -0.396. The van der Waals surface area contributed by atoms with Crippen molar-refractivity contribution in [2.24, 2.45) is 0 Å². The average molecular weight is 300 g/mol. The molecule has 7 heteroatoms. The zero-order valence-corrected chi connectivity index (χ0v) is 11.8.